The largest absolute Gasteiger partial charge is 0.376 e. The minimum atomic E-state index is -0.0677. The van der Waals surface area contributed by atoms with E-state index in [1.54, 1.807) is 12.4 Å². The molecule has 1 aliphatic rings. The van der Waals surface area contributed by atoms with E-state index in [2.05, 4.69) is 4.98 Å². The number of hydrogen-bond acceptors (Lipinski definition) is 4. The molecule has 4 nitrogen and oxygen atoms in total. The summed E-state index contributed by atoms with van der Waals surface area (Å²) in [6.45, 7) is 3.30. The fourth-order valence-corrected chi connectivity index (χ4v) is 1.56. The predicted molar refractivity (Wildman–Crippen MR) is 56.3 cm³/mol. The van der Waals surface area contributed by atoms with E-state index in [1.165, 1.54) is 0 Å². The summed E-state index contributed by atoms with van der Waals surface area (Å²) in [5.74, 6) is 0. The zero-order valence-corrected chi connectivity index (χ0v) is 8.80. The van der Waals surface area contributed by atoms with Crippen molar-refractivity contribution >= 4 is 0 Å². The van der Waals surface area contributed by atoms with Crippen molar-refractivity contribution in [1.29, 1.82) is 0 Å². The van der Waals surface area contributed by atoms with Gasteiger partial charge in [0.1, 0.15) is 6.10 Å². The second kappa shape index (κ2) is 4.70. The Morgan fingerprint density at radius 2 is 2.13 bits per heavy atom. The van der Waals surface area contributed by atoms with Crippen molar-refractivity contribution in [3.8, 4) is 0 Å². The Bertz CT molecular complexity index is 299. The molecule has 0 spiro atoms. The molecule has 0 radical (unpaired) electrons. The van der Waals surface area contributed by atoms with Crippen LogP contribution >= 0.6 is 0 Å². The van der Waals surface area contributed by atoms with E-state index < -0.39 is 0 Å². The van der Waals surface area contributed by atoms with Crippen LogP contribution in [0.5, 0.6) is 0 Å². The fourth-order valence-electron chi connectivity index (χ4n) is 1.56. The molecule has 2 heterocycles. The number of hydrogen-bond donors (Lipinski definition) is 1. The van der Waals surface area contributed by atoms with Crippen LogP contribution in [0, 0.1) is 0 Å². The molecular weight excluding hydrogens is 192 g/mol. The lowest BCUT2D eigenvalue weighted by molar-refractivity contribution is -0.159. The number of rotatable bonds is 4. The Labute approximate surface area is 89.4 Å². The molecule has 0 saturated carbocycles. The molecule has 82 valence electrons. The maximum absolute atomic E-state index is 5.91. The van der Waals surface area contributed by atoms with Crippen LogP contribution in [0.25, 0.3) is 0 Å². The predicted octanol–water partition coefficient (Wildman–Crippen LogP) is 0.885. The first-order chi connectivity index (χ1) is 7.27. The Kier molecular flexibility index (Phi) is 3.30. The first kappa shape index (κ1) is 10.5. The normalized spacial score (nSPS) is 20.7. The number of pyridine rings is 1. The molecule has 15 heavy (non-hydrogen) atoms. The van der Waals surface area contributed by atoms with Crippen LogP contribution in [0.15, 0.2) is 24.5 Å². The average molecular weight is 208 g/mol. The molecule has 4 heteroatoms. The molecule has 1 aromatic rings. The summed E-state index contributed by atoms with van der Waals surface area (Å²) in [6.07, 6.45) is 3.63. The lowest BCUT2D eigenvalue weighted by Gasteiger charge is -2.32. The maximum Gasteiger partial charge on any atom is 0.105 e. The standard InChI is InChI=1S/C11H16N2O2/c1-8(12)11(15-10-6-14-7-10)9-2-4-13-5-3-9/h2-5,8,10-11H,6-7,12H2,1H3. The van der Waals surface area contributed by atoms with E-state index in [1.807, 2.05) is 19.1 Å². The summed E-state index contributed by atoms with van der Waals surface area (Å²) in [4.78, 5) is 3.98. The third-order valence-electron chi connectivity index (χ3n) is 2.46. The summed E-state index contributed by atoms with van der Waals surface area (Å²) in [7, 11) is 0. The van der Waals surface area contributed by atoms with E-state index in [0.29, 0.717) is 13.2 Å². The summed E-state index contributed by atoms with van der Waals surface area (Å²) < 4.78 is 10.9. The lowest BCUT2D eigenvalue weighted by atomic mass is 10.1. The average Bonchev–Trinajstić information content (AvgIpc) is 2.17. The molecule has 2 unspecified atom stereocenters. The second-order valence-corrected chi connectivity index (χ2v) is 3.86. The van der Waals surface area contributed by atoms with Gasteiger partial charge in [-0.05, 0) is 24.6 Å². The number of nitrogens with two attached hydrogens (primary N) is 1. The van der Waals surface area contributed by atoms with E-state index in [4.69, 9.17) is 15.2 Å². The van der Waals surface area contributed by atoms with Crippen LogP contribution in [0.1, 0.15) is 18.6 Å². The van der Waals surface area contributed by atoms with Gasteiger partial charge in [0.25, 0.3) is 0 Å². The van der Waals surface area contributed by atoms with Crippen molar-refractivity contribution in [2.24, 2.45) is 5.73 Å². The molecule has 0 aliphatic carbocycles. The summed E-state index contributed by atoms with van der Waals surface area (Å²) in [5.41, 5.74) is 6.99. The van der Waals surface area contributed by atoms with Crippen LogP contribution in [-0.4, -0.2) is 30.3 Å². The Hall–Kier alpha value is -0.970. The first-order valence-electron chi connectivity index (χ1n) is 5.16. The molecule has 2 N–H and O–H groups in total. The van der Waals surface area contributed by atoms with Gasteiger partial charge in [0.05, 0.1) is 19.3 Å². The van der Waals surface area contributed by atoms with E-state index in [0.717, 1.165) is 5.56 Å². The van der Waals surface area contributed by atoms with Crippen LogP contribution in [0.2, 0.25) is 0 Å². The van der Waals surface area contributed by atoms with Crippen molar-refractivity contribution in [3.05, 3.63) is 30.1 Å². The van der Waals surface area contributed by atoms with Gasteiger partial charge in [-0.1, -0.05) is 0 Å². The van der Waals surface area contributed by atoms with Crippen LogP contribution < -0.4 is 5.73 Å². The number of ether oxygens (including phenoxy) is 2. The van der Waals surface area contributed by atoms with Gasteiger partial charge < -0.3 is 15.2 Å². The maximum atomic E-state index is 5.91. The molecule has 0 bridgehead atoms. The second-order valence-electron chi connectivity index (χ2n) is 3.86. The minimum Gasteiger partial charge on any atom is -0.376 e. The molecule has 1 fully saturated rings. The topological polar surface area (TPSA) is 57.4 Å². The monoisotopic (exact) mass is 208 g/mol. The molecule has 2 rings (SSSR count). The Morgan fingerprint density at radius 3 is 2.60 bits per heavy atom. The van der Waals surface area contributed by atoms with Crippen LogP contribution in [0.3, 0.4) is 0 Å². The van der Waals surface area contributed by atoms with Crippen molar-refractivity contribution in [2.75, 3.05) is 13.2 Å². The SMILES string of the molecule is CC(N)C(OC1COC1)c1ccncc1. The van der Waals surface area contributed by atoms with Crippen molar-refractivity contribution < 1.29 is 9.47 Å². The van der Waals surface area contributed by atoms with Crippen LogP contribution in [0.4, 0.5) is 0 Å². The molecule has 1 aliphatic heterocycles. The highest BCUT2D eigenvalue weighted by atomic mass is 16.6. The van der Waals surface area contributed by atoms with Gasteiger partial charge in [0.2, 0.25) is 0 Å². The highest BCUT2D eigenvalue weighted by Gasteiger charge is 2.26. The summed E-state index contributed by atoms with van der Waals surface area (Å²) in [6, 6.07) is 3.84. The first-order valence-corrected chi connectivity index (χ1v) is 5.16. The zero-order chi connectivity index (χ0) is 10.7. The number of nitrogens with zero attached hydrogens (tertiary/aromatic N) is 1. The van der Waals surface area contributed by atoms with Gasteiger partial charge >= 0.3 is 0 Å². The van der Waals surface area contributed by atoms with Crippen molar-refractivity contribution in [2.45, 2.75) is 25.2 Å². The van der Waals surface area contributed by atoms with Gasteiger partial charge in [-0.15, -0.1) is 0 Å². The van der Waals surface area contributed by atoms with E-state index in [9.17, 15) is 0 Å². The molecule has 1 aromatic heterocycles. The molecule has 1 saturated heterocycles. The third kappa shape index (κ3) is 2.53. The van der Waals surface area contributed by atoms with Gasteiger partial charge in [-0.3, -0.25) is 4.98 Å². The molecule has 2 atom stereocenters. The van der Waals surface area contributed by atoms with Gasteiger partial charge in [0.15, 0.2) is 0 Å². The zero-order valence-electron chi connectivity index (χ0n) is 8.80. The highest BCUT2D eigenvalue weighted by Crippen LogP contribution is 2.23. The molecule has 0 amide bonds. The van der Waals surface area contributed by atoms with Gasteiger partial charge in [-0.25, -0.2) is 0 Å². The third-order valence-corrected chi connectivity index (χ3v) is 2.46. The quantitative estimate of drug-likeness (QED) is 0.798. The van der Waals surface area contributed by atoms with Gasteiger partial charge in [0, 0.05) is 18.4 Å². The molecule has 0 aromatic carbocycles. The summed E-state index contributed by atoms with van der Waals surface area (Å²) >= 11 is 0. The van der Waals surface area contributed by atoms with Crippen molar-refractivity contribution in [1.82, 2.24) is 4.98 Å². The fraction of sp³-hybridized carbons (Fsp3) is 0.545. The van der Waals surface area contributed by atoms with E-state index in [-0.39, 0.29) is 18.2 Å². The van der Waals surface area contributed by atoms with E-state index >= 15 is 0 Å². The molecular formula is C11H16N2O2. The smallest absolute Gasteiger partial charge is 0.105 e. The Balaban J connectivity index is 2.05. The highest BCUT2D eigenvalue weighted by molar-refractivity contribution is 5.15. The summed E-state index contributed by atoms with van der Waals surface area (Å²) in [5, 5.41) is 0. The van der Waals surface area contributed by atoms with Gasteiger partial charge in [-0.2, -0.15) is 0 Å². The number of aromatic nitrogens is 1. The minimum absolute atomic E-state index is 0.0343. The lowest BCUT2D eigenvalue weighted by Crippen LogP contribution is -2.40. The Morgan fingerprint density at radius 1 is 1.47 bits per heavy atom. The van der Waals surface area contributed by atoms with Crippen molar-refractivity contribution in [3.63, 3.8) is 0 Å². The van der Waals surface area contributed by atoms with Crippen LogP contribution in [-0.2, 0) is 9.47 Å².